The molecule has 0 atom stereocenters. The highest BCUT2D eigenvalue weighted by Crippen LogP contribution is 2.21. The first-order valence-electron chi connectivity index (χ1n) is 7.40. The van der Waals surface area contributed by atoms with Crippen molar-refractivity contribution >= 4 is 33.2 Å². The highest BCUT2D eigenvalue weighted by molar-refractivity contribution is 7.91. The average Bonchev–Trinajstić information content (AvgIpc) is 2.96. The predicted octanol–water partition coefficient (Wildman–Crippen LogP) is 0.921. The van der Waals surface area contributed by atoms with Crippen LogP contribution in [0.2, 0.25) is 0 Å². The summed E-state index contributed by atoms with van der Waals surface area (Å²) in [5.74, 6) is -0.244. The molecule has 0 saturated carbocycles. The van der Waals surface area contributed by atoms with Crippen molar-refractivity contribution in [3.8, 4) is 0 Å². The lowest BCUT2D eigenvalue weighted by molar-refractivity contribution is -0.130. The molecular weight excluding hydrogens is 338 g/mol. The molecular formula is C14H23N3O4S2. The molecule has 0 saturated heterocycles. The van der Waals surface area contributed by atoms with Crippen LogP contribution in [0, 0.1) is 0 Å². The third-order valence-corrected chi connectivity index (χ3v) is 6.20. The fourth-order valence-corrected chi connectivity index (χ4v) is 4.28. The molecule has 1 rings (SSSR count). The molecule has 9 heteroatoms. The van der Waals surface area contributed by atoms with E-state index in [9.17, 15) is 18.0 Å². The van der Waals surface area contributed by atoms with E-state index in [2.05, 4.69) is 10.0 Å². The van der Waals surface area contributed by atoms with Crippen LogP contribution in [-0.2, 0) is 26.2 Å². The van der Waals surface area contributed by atoms with E-state index in [1.807, 2.05) is 13.8 Å². The second-order valence-corrected chi connectivity index (χ2v) is 8.01. The van der Waals surface area contributed by atoms with Crippen molar-refractivity contribution in [3.63, 3.8) is 0 Å². The van der Waals surface area contributed by atoms with Crippen molar-refractivity contribution in [3.05, 3.63) is 17.0 Å². The summed E-state index contributed by atoms with van der Waals surface area (Å²) in [7, 11) is -3.63. The molecule has 7 nitrogen and oxygen atoms in total. The molecule has 1 heterocycles. The molecule has 0 aliphatic carbocycles. The zero-order valence-electron chi connectivity index (χ0n) is 13.6. The van der Waals surface area contributed by atoms with Gasteiger partial charge in [-0.1, -0.05) is 0 Å². The van der Waals surface area contributed by atoms with Crippen molar-refractivity contribution in [1.82, 2.24) is 14.9 Å². The second-order valence-electron chi connectivity index (χ2n) is 4.84. The SMILES string of the molecule is CCN(CC)C(=O)CCNS(=O)(=O)c1ccc(CNC(C)=O)s1. The Bertz CT molecular complexity index is 636. The lowest BCUT2D eigenvalue weighted by Gasteiger charge is -2.18. The van der Waals surface area contributed by atoms with Gasteiger partial charge in [0.05, 0.1) is 6.54 Å². The Labute approximate surface area is 141 Å². The van der Waals surface area contributed by atoms with Crippen LogP contribution in [0.5, 0.6) is 0 Å². The monoisotopic (exact) mass is 361 g/mol. The Hall–Kier alpha value is -1.45. The van der Waals surface area contributed by atoms with Gasteiger partial charge in [-0.05, 0) is 26.0 Å². The number of thiophene rings is 1. The molecule has 0 fully saturated rings. The van der Waals surface area contributed by atoms with Crippen molar-refractivity contribution in [2.45, 2.75) is 37.9 Å². The molecule has 2 N–H and O–H groups in total. The van der Waals surface area contributed by atoms with Gasteiger partial charge in [0.1, 0.15) is 4.21 Å². The van der Waals surface area contributed by atoms with Gasteiger partial charge < -0.3 is 10.2 Å². The third-order valence-electron chi connectivity index (χ3n) is 3.16. The second kappa shape index (κ2) is 8.99. The molecule has 0 radical (unpaired) electrons. The standard InChI is InChI=1S/C14H23N3O4S2/c1-4-17(5-2)13(19)8-9-16-23(20,21)14-7-6-12(22-14)10-15-11(3)18/h6-7,16H,4-5,8-10H2,1-3H3,(H,15,18). The fourth-order valence-electron chi connectivity index (χ4n) is 1.91. The first-order valence-corrected chi connectivity index (χ1v) is 9.70. The maximum absolute atomic E-state index is 12.2. The summed E-state index contributed by atoms with van der Waals surface area (Å²) < 4.78 is 26.9. The number of nitrogens with one attached hydrogen (secondary N) is 2. The smallest absolute Gasteiger partial charge is 0.250 e. The first kappa shape index (κ1) is 19.6. The Balaban J connectivity index is 2.56. The van der Waals surface area contributed by atoms with Crippen LogP contribution < -0.4 is 10.0 Å². The van der Waals surface area contributed by atoms with E-state index in [1.54, 1.807) is 11.0 Å². The quantitative estimate of drug-likeness (QED) is 0.684. The number of carbonyl (C=O) groups is 2. The summed E-state index contributed by atoms with van der Waals surface area (Å²) in [6.45, 7) is 6.76. The zero-order valence-corrected chi connectivity index (χ0v) is 15.2. The van der Waals surface area contributed by atoms with Crippen LogP contribution in [0.15, 0.2) is 16.3 Å². The van der Waals surface area contributed by atoms with E-state index >= 15 is 0 Å². The molecule has 0 aromatic carbocycles. The van der Waals surface area contributed by atoms with Crippen LogP contribution in [-0.4, -0.2) is 44.8 Å². The minimum atomic E-state index is -3.63. The lowest BCUT2D eigenvalue weighted by Crippen LogP contribution is -2.34. The van der Waals surface area contributed by atoms with E-state index in [1.165, 1.54) is 13.0 Å². The molecule has 0 aliphatic rings. The van der Waals surface area contributed by atoms with Gasteiger partial charge in [-0.3, -0.25) is 9.59 Å². The highest BCUT2D eigenvalue weighted by atomic mass is 32.2. The first-order chi connectivity index (χ1) is 10.8. The van der Waals surface area contributed by atoms with Gasteiger partial charge >= 0.3 is 0 Å². The topological polar surface area (TPSA) is 95.6 Å². The minimum Gasteiger partial charge on any atom is -0.351 e. The third kappa shape index (κ3) is 6.28. The van der Waals surface area contributed by atoms with Gasteiger partial charge in [-0.25, -0.2) is 13.1 Å². The Morgan fingerprint density at radius 1 is 1.22 bits per heavy atom. The van der Waals surface area contributed by atoms with Crippen LogP contribution in [0.1, 0.15) is 32.1 Å². The van der Waals surface area contributed by atoms with Crippen molar-refractivity contribution in [1.29, 1.82) is 0 Å². The number of carbonyl (C=O) groups excluding carboxylic acids is 2. The average molecular weight is 361 g/mol. The molecule has 2 amide bonds. The van der Waals surface area contributed by atoms with Gasteiger partial charge in [0, 0.05) is 37.9 Å². The maximum Gasteiger partial charge on any atom is 0.250 e. The number of amides is 2. The summed E-state index contributed by atoms with van der Waals surface area (Å²) in [5, 5.41) is 2.62. The molecule has 1 aromatic rings. The summed E-state index contributed by atoms with van der Waals surface area (Å²) in [4.78, 5) is 25.1. The van der Waals surface area contributed by atoms with E-state index < -0.39 is 10.0 Å². The predicted molar refractivity (Wildman–Crippen MR) is 89.6 cm³/mol. The van der Waals surface area contributed by atoms with Gasteiger partial charge in [-0.15, -0.1) is 11.3 Å². The normalized spacial score (nSPS) is 11.3. The highest BCUT2D eigenvalue weighted by Gasteiger charge is 2.18. The number of nitrogens with zero attached hydrogens (tertiary/aromatic N) is 1. The molecule has 0 aliphatic heterocycles. The number of rotatable bonds is 9. The fraction of sp³-hybridized carbons (Fsp3) is 0.571. The Kier molecular flexibility index (Phi) is 7.66. The zero-order chi connectivity index (χ0) is 17.5. The number of hydrogen-bond donors (Lipinski definition) is 2. The van der Waals surface area contributed by atoms with E-state index in [0.29, 0.717) is 19.6 Å². The summed E-state index contributed by atoms with van der Waals surface area (Å²) in [6, 6.07) is 3.16. The summed E-state index contributed by atoms with van der Waals surface area (Å²) >= 11 is 1.10. The number of sulfonamides is 1. The minimum absolute atomic E-state index is 0.0661. The van der Waals surface area contributed by atoms with Crippen LogP contribution in [0.25, 0.3) is 0 Å². The van der Waals surface area contributed by atoms with Crippen LogP contribution >= 0.6 is 11.3 Å². The maximum atomic E-state index is 12.2. The van der Waals surface area contributed by atoms with E-state index in [4.69, 9.17) is 0 Å². The van der Waals surface area contributed by atoms with Crippen molar-refractivity contribution in [2.75, 3.05) is 19.6 Å². The Morgan fingerprint density at radius 2 is 1.87 bits per heavy atom. The van der Waals surface area contributed by atoms with Crippen LogP contribution in [0.3, 0.4) is 0 Å². The van der Waals surface area contributed by atoms with E-state index in [-0.39, 0.29) is 29.0 Å². The molecule has 23 heavy (non-hydrogen) atoms. The van der Waals surface area contributed by atoms with Gasteiger partial charge in [-0.2, -0.15) is 0 Å². The van der Waals surface area contributed by atoms with Gasteiger partial charge in [0.25, 0.3) is 0 Å². The molecule has 0 unspecified atom stereocenters. The van der Waals surface area contributed by atoms with Gasteiger partial charge in [0.15, 0.2) is 0 Å². The molecule has 0 bridgehead atoms. The molecule has 1 aromatic heterocycles. The number of hydrogen-bond acceptors (Lipinski definition) is 5. The van der Waals surface area contributed by atoms with Crippen LogP contribution in [0.4, 0.5) is 0 Å². The van der Waals surface area contributed by atoms with Gasteiger partial charge in [0.2, 0.25) is 21.8 Å². The van der Waals surface area contributed by atoms with Crippen molar-refractivity contribution in [2.24, 2.45) is 0 Å². The lowest BCUT2D eigenvalue weighted by atomic mass is 10.3. The van der Waals surface area contributed by atoms with E-state index in [0.717, 1.165) is 16.2 Å². The summed E-state index contributed by atoms with van der Waals surface area (Å²) in [5.41, 5.74) is 0. The Morgan fingerprint density at radius 3 is 2.43 bits per heavy atom. The van der Waals surface area contributed by atoms with Crippen molar-refractivity contribution < 1.29 is 18.0 Å². The molecule has 130 valence electrons. The summed E-state index contributed by atoms with van der Waals surface area (Å²) in [6.07, 6.45) is 0.130. The molecule has 0 spiro atoms. The largest absolute Gasteiger partial charge is 0.351 e.